The standard InChI is InChI=1S/C49H56N4O/c1-31(2)23-40-42(48(6,7)8)28-43(49(9,10)11)41(24-32(3)4)47(40)34-29-51-52(30-34)35-15-14-16-36(26-35)54-37-19-20-39-38-17-12-13-18-44(38)53(45(39)27-37)46-25-33(5)21-22-50-46/h12-22,25-32H,23-24H2,1-11H3. The van der Waals surface area contributed by atoms with Gasteiger partial charge in [0.1, 0.15) is 17.3 Å². The monoisotopic (exact) mass is 716 g/mol. The number of fused-ring (bicyclic) bond motifs is 3. The van der Waals surface area contributed by atoms with Crippen LogP contribution in [0.25, 0.3) is 44.4 Å². The zero-order chi connectivity index (χ0) is 38.5. The Kier molecular flexibility index (Phi) is 9.80. The van der Waals surface area contributed by atoms with E-state index in [-0.39, 0.29) is 10.8 Å². The fourth-order valence-corrected chi connectivity index (χ4v) is 8.02. The normalized spacial score (nSPS) is 12.5. The second kappa shape index (κ2) is 14.2. The number of ether oxygens (including phenoxy) is 1. The summed E-state index contributed by atoms with van der Waals surface area (Å²) in [6, 6.07) is 29.8. The van der Waals surface area contributed by atoms with Crippen molar-refractivity contribution in [2.45, 2.75) is 99.8 Å². The Balaban J connectivity index is 1.30. The van der Waals surface area contributed by atoms with Crippen LogP contribution >= 0.6 is 0 Å². The van der Waals surface area contributed by atoms with E-state index < -0.39 is 0 Å². The highest BCUT2D eigenvalue weighted by molar-refractivity contribution is 6.09. The van der Waals surface area contributed by atoms with Crippen molar-refractivity contribution in [2.75, 3.05) is 0 Å². The van der Waals surface area contributed by atoms with E-state index in [0.29, 0.717) is 11.8 Å². The Bertz CT molecular complexity index is 2420. The van der Waals surface area contributed by atoms with E-state index in [1.54, 1.807) is 0 Å². The average Bonchev–Trinajstić information content (AvgIpc) is 3.70. The summed E-state index contributed by atoms with van der Waals surface area (Å²) in [6.07, 6.45) is 8.21. The molecule has 7 aromatic rings. The van der Waals surface area contributed by atoms with Gasteiger partial charge in [0.15, 0.2) is 0 Å². The maximum atomic E-state index is 6.61. The predicted molar refractivity (Wildman–Crippen MR) is 227 cm³/mol. The van der Waals surface area contributed by atoms with Crippen molar-refractivity contribution in [3.63, 3.8) is 0 Å². The second-order valence-corrected chi connectivity index (χ2v) is 18.0. The van der Waals surface area contributed by atoms with Crippen LogP contribution in [0.5, 0.6) is 11.5 Å². The molecule has 0 saturated heterocycles. The Morgan fingerprint density at radius 2 is 1.31 bits per heavy atom. The minimum Gasteiger partial charge on any atom is -0.457 e. The van der Waals surface area contributed by atoms with Gasteiger partial charge in [-0.1, -0.05) is 99.6 Å². The highest BCUT2D eigenvalue weighted by Gasteiger charge is 2.30. The van der Waals surface area contributed by atoms with Gasteiger partial charge in [-0.3, -0.25) is 4.57 Å². The molecule has 0 radical (unpaired) electrons. The van der Waals surface area contributed by atoms with E-state index in [0.717, 1.165) is 52.3 Å². The molecule has 0 atom stereocenters. The van der Waals surface area contributed by atoms with Crippen molar-refractivity contribution in [2.24, 2.45) is 11.8 Å². The molecule has 0 saturated carbocycles. The van der Waals surface area contributed by atoms with Gasteiger partial charge in [-0.05, 0) is 118 Å². The largest absolute Gasteiger partial charge is 0.457 e. The summed E-state index contributed by atoms with van der Waals surface area (Å²) in [7, 11) is 0. The molecular formula is C49H56N4O. The second-order valence-electron chi connectivity index (χ2n) is 18.0. The van der Waals surface area contributed by atoms with Gasteiger partial charge < -0.3 is 4.74 Å². The van der Waals surface area contributed by atoms with Crippen molar-refractivity contribution in [1.82, 2.24) is 19.3 Å². The maximum absolute atomic E-state index is 6.61. The molecule has 5 heteroatoms. The van der Waals surface area contributed by atoms with Crippen LogP contribution in [0.3, 0.4) is 0 Å². The van der Waals surface area contributed by atoms with Gasteiger partial charge in [0.05, 0.1) is 22.9 Å². The van der Waals surface area contributed by atoms with Gasteiger partial charge >= 0.3 is 0 Å². The molecule has 0 fully saturated rings. The van der Waals surface area contributed by atoms with Crippen molar-refractivity contribution < 1.29 is 4.74 Å². The molecule has 4 aromatic carbocycles. The summed E-state index contributed by atoms with van der Waals surface area (Å²) in [5.74, 6) is 3.46. The van der Waals surface area contributed by atoms with Crippen molar-refractivity contribution in [1.29, 1.82) is 0 Å². The lowest BCUT2D eigenvalue weighted by Crippen LogP contribution is -2.23. The summed E-state index contributed by atoms with van der Waals surface area (Å²) >= 11 is 0. The quantitative estimate of drug-likeness (QED) is 0.149. The topological polar surface area (TPSA) is 44.9 Å². The Labute approximate surface area is 322 Å². The molecule has 0 aliphatic heterocycles. The lowest BCUT2D eigenvalue weighted by atomic mass is 9.71. The van der Waals surface area contributed by atoms with Crippen molar-refractivity contribution in [3.8, 4) is 34.1 Å². The molecule has 0 N–H and O–H groups in total. The fraction of sp³-hybridized carbons (Fsp3) is 0.347. The number of rotatable bonds is 9. The first-order chi connectivity index (χ1) is 25.6. The zero-order valence-electron chi connectivity index (χ0n) is 34.1. The van der Waals surface area contributed by atoms with Crippen LogP contribution in [0.2, 0.25) is 0 Å². The molecule has 3 heterocycles. The van der Waals surface area contributed by atoms with Crippen LogP contribution in [-0.4, -0.2) is 19.3 Å². The minimum absolute atomic E-state index is 0.00489. The molecule has 278 valence electrons. The third kappa shape index (κ3) is 7.33. The number of pyridine rings is 1. The molecule has 0 aliphatic rings. The van der Waals surface area contributed by atoms with Crippen LogP contribution in [0.15, 0.2) is 104 Å². The number of nitrogens with zero attached hydrogens (tertiary/aromatic N) is 4. The van der Waals surface area contributed by atoms with Crippen LogP contribution < -0.4 is 4.74 Å². The highest BCUT2D eigenvalue weighted by atomic mass is 16.5. The minimum atomic E-state index is 0.00489. The molecule has 0 spiro atoms. The van der Waals surface area contributed by atoms with E-state index in [1.165, 1.54) is 44.3 Å². The van der Waals surface area contributed by atoms with Gasteiger partial charge in [0.25, 0.3) is 0 Å². The maximum Gasteiger partial charge on any atom is 0.137 e. The van der Waals surface area contributed by atoms with E-state index >= 15 is 0 Å². The van der Waals surface area contributed by atoms with Crippen LogP contribution in [0.4, 0.5) is 0 Å². The van der Waals surface area contributed by atoms with Crippen molar-refractivity contribution >= 4 is 21.8 Å². The van der Waals surface area contributed by atoms with Crippen LogP contribution in [-0.2, 0) is 23.7 Å². The van der Waals surface area contributed by atoms with E-state index in [1.807, 2.05) is 29.1 Å². The Hall–Kier alpha value is -5.16. The average molecular weight is 717 g/mol. The van der Waals surface area contributed by atoms with Crippen LogP contribution in [0.1, 0.15) is 97.1 Å². The summed E-state index contributed by atoms with van der Waals surface area (Å²) in [5.41, 5.74) is 12.7. The molecule has 0 amide bonds. The fourth-order valence-electron chi connectivity index (χ4n) is 8.02. The number of hydrogen-bond acceptors (Lipinski definition) is 3. The SMILES string of the molecule is Cc1ccnc(-n2c3ccccc3c3ccc(Oc4cccc(-n5cc(-c6c(CC(C)C)c(C(C)(C)C)cc(C(C)(C)C)c6CC(C)C)cn5)c4)cc32)c1. The molecule has 0 aliphatic carbocycles. The van der Waals surface area contributed by atoms with E-state index in [4.69, 9.17) is 14.8 Å². The van der Waals surface area contributed by atoms with Gasteiger partial charge in [-0.2, -0.15) is 5.10 Å². The van der Waals surface area contributed by atoms with E-state index in [9.17, 15) is 0 Å². The molecule has 54 heavy (non-hydrogen) atoms. The molecule has 5 nitrogen and oxygen atoms in total. The van der Waals surface area contributed by atoms with Crippen LogP contribution in [0, 0.1) is 18.8 Å². The van der Waals surface area contributed by atoms with Gasteiger partial charge in [0, 0.05) is 40.9 Å². The number of para-hydroxylation sites is 1. The van der Waals surface area contributed by atoms with Crippen molar-refractivity contribution in [3.05, 3.63) is 131 Å². The number of benzene rings is 4. The lowest BCUT2D eigenvalue weighted by molar-refractivity contribution is 0.483. The summed E-state index contributed by atoms with van der Waals surface area (Å²) < 4.78 is 10.8. The van der Waals surface area contributed by atoms with E-state index in [2.05, 4.69) is 160 Å². The molecule has 0 unspecified atom stereocenters. The first kappa shape index (κ1) is 37.2. The predicted octanol–water partition coefficient (Wildman–Crippen LogP) is 13.1. The molecule has 0 bridgehead atoms. The third-order valence-electron chi connectivity index (χ3n) is 10.3. The number of aromatic nitrogens is 4. The Morgan fingerprint density at radius 1 is 0.667 bits per heavy atom. The lowest BCUT2D eigenvalue weighted by Gasteiger charge is -2.34. The summed E-state index contributed by atoms with van der Waals surface area (Å²) in [5, 5.41) is 7.36. The Morgan fingerprint density at radius 3 is 1.96 bits per heavy atom. The highest BCUT2D eigenvalue weighted by Crippen LogP contribution is 2.44. The first-order valence-corrected chi connectivity index (χ1v) is 19.6. The van der Waals surface area contributed by atoms with Gasteiger partial charge in [-0.25, -0.2) is 9.67 Å². The third-order valence-corrected chi connectivity index (χ3v) is 10.3. The zero-order valence-corrected chi connectivity index (χ0v) is 34.1. The molecular weight excluding hydrogens is 661 g/mol. The van der Waals surface area contributed by atoms with Gasteiger partial charge in [0.2, 0.25) is 0 Å². The van der Waals surface area contributed by atoms with Gasteiger partial charge in [-0.15, -0.1) is 0 Å². The summed E-state index contributed by atoms with van der Waals surface area (Å²) in [4.78, 5) is 4.75. The number of hydrogen-bond donors (Lipinski definition) is 0. The number of aryl methyl sites for hydroxylation is 1. The smallest absolute Gasteiger partial charge is 0.137 e. The summed E-state index contributed by atoms with van der Waals surface area (Å²) in [6.45, 7) is 25.6. The first-order valence-electron chi connectivity index (χ1n) is 19.6. The molecule has 3 aromatic heterocycles. The molecule has 7 rings (SSSR count).